The Morgan fingerprint density at radius 3 is 2.65 bits per heavy atom. The maximum atomic E-state index is 12.0. The zero-order chi connectivity index (χ0) is 16.5. The molecule has 2 heterocycles. The number of carboxylic acid groups (broad SMARTS) is 1. The number of hydrogen-bond acceptors (Lipinski definition) is 5. The molecule has 0 spiro atoms. The number of aromatic nitrogens is 4. The summed E-state index contributed by atoms with van der Waals surface area (Å²) in [5, 5.41) is 15.3. The second-order valence-electron chi connectivity index (χ2n) is 5.06. The van der Waals surface area contributed by atoms with Crippen molar-refractivity contribution in [2.24, 2.45) is 0 Å². The highest BCUT2D eigenvalue weighted by Gasteiger charge is 2.06. The lowest BCUT2D eigenvalue weighted by Crippen LogP contribution is -2.24. The van der Waals surface area contributed by atoms with Crippen molar-refractivity contribution in [3.63, 3.8) is 0 Å². The maximum absolute atomic E-state index is 12.0. The fourth-order valence-electron chi connectivity index (χ4n) is 2.04. The number of pyridine rings is 1. The van der Waals surface area contributed by atoms with Gasteiger partial charge in [-0.05, 0) is 25.0 Å². The molecule has 8 nitrogen and oxygen atoms in total. The number of hydrogen-bond donors (Lipinski definition) is 2. The molecule has 2 N–H and O–H groups in total. The van der Waals surface area contributed by atoms with Crippen LogP contribution in [0.4, 0.5) is 0 Å². The molecule has 0 bridgehead atoms. The van der Waals surface area contributed by atoms with Crippen molar-refractivity contribution >= 4 is 11.9 Å². The first-order valence-electron chi connectivity index (χ1n) is 7.48. The summed E-state index contributed by atoms with van der Waals surface area (Å²) in [6, 6.07) is 3.39. The molecule has 2 aromatic heterocycles. The standard InChI is InChI=1S/C15H19N5O3/c21-14(22)5-3-1-2-4-8-17-15(23)12-6-7-13(18-9-12)20-11-16-10-19-20/h6-7,9-11H,1-5,8H2,(H,17,23)(H,21,22). The Morgan fingerprint density at radius 1 is 1.17 bits per heavy atom. The Morgan fingerprint density at radius 2 is 2.00 bits per heavy atom. The number of aliphatic carboxylic acids is 1. The van der Waals surface area contributed by atoms with E-state index >= 15 is 0 Å². The van der Waals surface area contributed by atoms with Crippen molar-refractivity contribution in [1.82, 2.24) is 25.1 Å². The van der Waals surface area contributed by atoms with Gasteiger partial charge in [0.25, 0.3) is 5.91 Å². The summed E-state index contributed by atoms with van der Waals surface area (Å²) in [5.74, 6) is -0.342. The molecular weight excluding hydrogens is 298 g/mol. The number of nitrogens with one attached hydrogen (secondary N) is 1. The zero-order valence-corrected chi connectivity index (χ0v) is 12.7. The van der Waals surface area contributed by atoms with E-state index in [2.05, 4.69) is 20.4 Å². The fourth-order valence-corrected chi connectivity index (χ4v) is 2.04. The Balaban J connectivity index is 1.68. The molecule has 0 saturated carbocycles. The summed E-state index contributed by atoms with van der Waals surface area (Å²) in [5.41, 5.74) is 0.486. The summed E-state index contributed by atoms with van der Waals surface area (Å²) in [4.78, 5) is 30.3. The number of nitrogens with zero attached hydrogens (tertiary/aromatic N) is 4. The Labute approximate surface area is 133 Å². The lowest BCUT2D eigenvalue weighted by molar-refractivity contribution is -0.137. The third-order valence-corrected chi connectivity index (χ3v) is 3.27. The smallest absolute Gasteiger partial charge is 0.303 e. The number of carbonyl (C=O) groups excluding carboxylic acids is 1. The van der Waals surface area contributed by atoms with E-state index in [1.54, 1.807) is 12.1 Å². The van der Waals surface area contributed by atoms with Crippen LogP contribution >= 0.6 is 0 Å². The average Bonchev–Trinajstić information content (AvgIpc) is 3.08. The van der Waals surface area contributed by atoms with E-state index < -0.39 is 5.97 Å². The Hall–Kier alpha value is -2.77. The van der Waals surface area contributed by atoms with Gasteiger partial charge in [-0.2, -0.15) is 5.10 Å². The first-order valence-corrected chi connectivity index (χ1v) is 7.48. The molecule has 2 rings (SSSR count). The minimum absolute atomic E-state index is 0.173. The maximum Gasteiger partial charge on any atom is 0.303 e. The molecule has 0 aromatic carbocycles. The van der Waals surface area contributed by atoms with Crippen molar-refractivity contribution in [3.05, 3.63) is 36.5 Å². The normalized spacial score (nSPS) is 10.4. The number of carbonyl (C=O) groups is 2. The van der Waals surface area contributed by atoms with Gasteiger partial charge in [-0.1, -0.05) is 12.8 Å². The van der Waals surface area contributed by atoms with E-state index in [0.717, 1.165) is 19.3 Å². The van der Waals surface area contributed by atoms with E-state index in [-0.39, 0.29) is 12.3 Å². The summed E-state index contributed by atoms with van der Waals surface area (Å²) in [6.45, 7) is 0.566. The topological polar surface area (TPSA) is 110 Å². The lowest BCUT2D eigenvalue weighted by atomic mass is 10.1. The quantitative estimate of drug-likeness (QED) is 0.677. The molecule has 0 fully saturated rings. The number of unbranched alkanes of at least 4 members (excludes halogenated alkanes) is 3. The SMILES string of the molecule is O=C(O)CCCCCCNC(=O)c1ccc(-n2cncn2)nc1. The van der Waals surface area contributed by atoms with Gasteiger partial charge in [-0.15, -0.1) is 0 Å². The third-order valence-electron chi connectivity index (χ3n) is 3.27. The second-order valence-corrected chi connectivity index (χ2v) is 5.06. The molecule has 1 amide bonds. The number of rotatable bonds is 9. The lowest BCUT2D eigenvalue weighted by Gasteiger charge is -2.05. The third kappa shape index (κ3) is 5.50. The molecule has 0 atom stereocenters. The molecule has 0 aliphatic rings. The molecular formula is C15H19N5O3. The predicted molar refractivity (Wildman–Crippen MR) is 82.2 cm³/mol. The summed E-state index contributed by atoms with van der Waals surface area (Å²) in [7, 11) is 0. The molecule has 0 radical (unpaired) electrons. The van der Waals surface area contributed by atoms with E-state index in [9.17, 15) is 9.59 Å². The van der Waals surface area contributed by atoms with Crippen molar-refractivity contribution in [3.8, 4) is 5.82 Å². The van der Waals surface area contributed by atoms with E-state index in [4.69, 9.17) is 5.11 Å². The number of amides is 1. The van der Waals surface area contributed by atoms with Crippen LogP contribution in [0.5, 0.6) is 0 Å². The van der Waals surface area contributed by atoms with Crippen molar-refractivity contribution in [1.29, 1.82) is 0 Å². The minimum atomic E-state index is -0.764. The summed E-state index contributed by atoms with van der Waals surface area (Å²) in [6.07, 6.45) is 7.92. The molecule has 8 heteroatoms. The largest absolute Gasteiger partial charge is 0.481 e. The van der Waals surface area contributed by atoms with Crippen LogP contribution in [0.25, 0.3) is 5.82 Å². The highest BCUT2D eigenvalue weighted by molar-refractivity contribution is 5.93. The van der Waals surface area contributed by atoms with Gasteiger partial charge in [0.15, 0.2) is 5.82 Å². The van der Waals surface area contributed by atoms with Crippen LogP contribution in [-0.4, -0.2) is 43.3 Å². The molecule has 0 aliphatic heterocycles. The van der Waals surface area contributed by atoms with Crippen LogP contribution in [-0.2, 0) is 4.79 Å². The van der Waals surface area contributed by atoms with Gasteiger partial charge < -0.3 is 10.4 Å². The van der Waals surface area contributed by atoms with E-state index in [0.29, 0.717) is 24.3 Å². The molecule has 122 valence electrons. The van der Waals surface area contributed by atoms with E-state index in [1.165, 1.54) is 23.5 Å². The first-order chi connectivity index (χ1) is 11.2. The monoisotopic (exact) mass is 317 g/mol. The van der Waals surface area contributed by atoms with Crippen LogP contribution in [0.1, 0.15) is 42.5 Å². The molecule has 0 saturated heterocycles. The predicted octanol–water partition coefficient (Wildman–Crippen LogP) is 1.43. The van der Waals surface area contributed by atoms with Gasteiger partial charge >= 0.3 is 5.97 Å². The van der Waals surface area contributed by atoms with Crippen molar-refractivity contribution < 1.29 is 14.7 Å². The van der Waals surface area contributed by atoms with Crippen molar-refractivity contribution in [2.75, 3.05) is 6.54 Å². The Kier molecular flexibility index (Phi) is 6.22. The average molecular weight is 317 g/mol. The van der Waals surface area contributed by atoms with Crippen LogP contribution in [0, 0.1) is 0 Å². The fraction of sp³-hybridized carbons (Fsp3) is 0.400. The van der Waals surface area contributed by atoms with E-state index in [1.807, 2.05) is 0 Å². The molecule has 2 aromatic rings. The first kappa shape index (κ1) is 16.6. The zero-order valence-electron chi connectivity index (χ0n) is 12.7. The van der Waals surface area contributed by atoms with Gasteiger partial charge in [0.1, 0.15) is 12.7 Å². The second kappa shape index (κ2) is 8.62. The van der Waals surface area contributed by atoms with Gasteiger partial charge in [-0.3, -0.25) is 9.59 Å². The summed E-state index contributed by atoms with van der Waals surface area (Å²) >= 11 is 0. The van der Waals surface area contributed by atoms with Crippen molar-refractivity contribution in [2.45, 2.75) is 32.1 Å². The Bertz CT molecular complexity index is 625. The molecule has 0 aliphatic carbocycles. The minimum Gasteiger partial charge on any atom is -0.481 e. The van der Waals surface area contributed by atoms with Gasteiger partial charge in [0, 0.05) is 19.2 Å². The van der Waals surface area contributed by atoms with Gasteiger partial charge in [0.2, 0.25) is 0 Å². The van der Waals surface area contributed by atoms with Gasteiger partial charge in [-0.25, -0.2) is 14.6 Å². The van der Waals surface area contributed by atoms with Crippen LogP contribution in [0.15, 0.2) is 31.0 Å². The van der Waals surface area contributed by atoms with Crippen LogP contribution in [0.2, 0.25) is 0 Å². The molecule has 23 heavy (non-hydrogen) atoms. The summed E-state index contributed by atoms with van der Waals surface area (Å²) < 4.78 is 1.51. The van der Waals surface area contributed by atoms with Crippen LogP contribution in [0.3, 0.4) is 0 Å². The number of carboxylic acids is 1. The highest BCUT2D eigenvalue weighted by Crippen LogP contribution is 2.05. The molecule has 0 unspecified atom stereocenters. The van der Waals surface area contributed by atoms with Gasteiger partial charge in [0.05, 0.1) is 5.56 Å². The highest BCUT2D eigenvalue weighted by atomic mass is 16.4. The van der Waals surface area contributed by atoms with Crippen LogP contribution < -0.4 is 5.32 Å².